The molecule has 0 spiro atoms. The lowest BCUT2D eigenvalue weighted by molar-refractivity contribution is 0.100. The summed E-state index contributed by atoms with van der Waals surface area (Å²) in [4.78, 5) is 15.5. The monoisotopic (exact) mass is 237 g/mol. The van der Waals surface area contributed by atoms with Crippen LogP contribution in [0.1, 0.15) is 10.4 Å². The number of nitrogens with zero attached hydrogens (tertiary/aromatic N) is 2. The molecule has 3 aromatic rings. The van der Waals surface area contributed by atoms with Gasteiger partial charge in [-0.2, -0.15) is 0 Å². The molecule has 0 saturated heterocycles. The maximum atomic E-state index is 11.0. The normalized spacial score (nSPS) is 10.7. The Balaban J connectivity index is 2.06. The zero-order chi connectivity index (χ0) is 12.5. The third kappa shape index (κ3) is 1.73. The number of carbonyl (C=O) groups is 1. The van der Waals surface area contributed by atoms with Crippen molar-refractivity contribution >= 4 is 11.6 Å². The molecule has 0 bridgehead atoms. The highest BCUT2D eigenvalue weighted by Gasteiger charge is 2.05. The van der Waals surface area contributed by atoms with E-state index < -0.39 is 5.91 Å². The summed E-state index contributed by atoms with van der Waals surface area (Å²) in [6.07, 6.45) is 3.90. The van der Waals surface area contributed by atoms with Crippen molar-refractivity contribution in [3.05, 3.63) is 60.4 Å². The van der Waals surface area contributed by atoms with Gasteiger partial charge in [0.1, 0.15) is 5.65 Å². The van der Waals surface area contributed by atoms with Crippen LogP contribution in [-0.4, -0.2) is 15.3 Å². The van der Waals surface area contributed by atoms with Gasteiger partial charge in [-0.25, -0.2) is 4.98 Å². The highest BCUT2D eigenvalue weighted by molar-refractivity contribution is 5.93. The van der Waals surface area contributed by atoms with Gasteiger partial charge in [0.15, 0.2) is 0 Å². The molecular weight excluding hydrogens is 226 g/mol. The molecule has 2 N–H and O–H groups in total. The molecule has 0 aliphatic rings. The first kappa shape index (κ1) is 10.5. The standard InChI is InChI=1S/C14H11N3O/c15-14(18)11-6-4-10(5-7-11)12-9-17-8-2-1-3-13(17)16-12/h1-9H,(H2,15,18). The van der Waals surface area contributed by atoms with E-state index in [1.807, 2.05) is 47.1 Å². The molecule has 0 saturated carbocycles. The second-order valence-electron chi connectivity index (χ2n) is 4.03. The fraction of sp³-hybridized carbons (Fsp3) is 0. The number of aromatic nitrogens is 2. The lowest BCUT2D eigenvalue weighted by Crippen LogP contribution is -2.10. The number of carbonyl (C=O) groups excluding carboxylic acids is 1. The Bertz CT molecular complexity index is 680. The number of primary amides is 1. The van der Waals surface area contributed by atoms with Crippen LogP contribution in [0.5, 0.6) is 0 Å². The van der Waals surface area contributed by atoms with Crippen molar-refractivity contribution in [3.8, 4) is 11.3 Å². The molecule has 2 aromatic heterocycles. The SMILES string of the molecule is NC(=O)c1ccc(-c2cn3ccccc3n2)cc1. The highest BCUT2D eigenvalue weighted by atomic mass is 16.1. The van der Waals surface area contributed by atoms with E-state index in [1.54, 1.807) is 12.1 Å². The summed E-state index contributed by atoms with van der Waals surface area (Å²) in [5.41, 5.74) is 8.44. The molecule has 18 heavy (non-hydrogen) atoms. The number of pyridine rings is 1. The van der Waals surface area contributed by atoms with Crippen LogP contribution in [0.4, 0.5) is 0 Å². The van der Waals surface area contributed by atoms with E-state index in [2.05, 4.69) is 4.98 Å². The lowest BCUT2D eigenvalue weighted by Gasteiger charge is -1.97. The lowest BCUT2D eigenvalue weighted by atomic mass is 10.1. The molecule has 0 radical (unpaired) electrons. The second kappa shape index (κ2) is 4.00. The summed E-state index contributed by atoms with van der Waals surface area (Å²) in [5, 5.41) is 0. The number of imidazole rings is 1. The summed E-state index contributed by atoms with van der Waals surface area (Å²) in [6.45, 7) is 0. The topological polar surface area (TPSA) is 60.4 Å². The molecule has 0 atom stereocenters. The van der Waals surface area contributed by atoms with Crippen molar-refractivity contribution in [1.82, 2.24) is 9.38 Å². The zero-order valence-corrected chi connectivity index (χ0v) is 9.58. The van der Waals surface area contributed by atoms with Crippen LogP contribution in [0, 0.1) is 0 Å². The quantitative estimate of drug-likeness (QED) is 0.742. The van der Waals surface area contributed by atoms with E-state index in [9.17, 15) is 4.79 Å². The smallest absolute Gasteiger partial charge is 0.248 e. The van der Waals surface area contributed by atoms with Gasteiger partial charge in [-0.15, -0.1) is 0 Å². The van der Waals surface area contributed by atoms with Gasteiger partial charge >= 0.3 is 0 Å². The van der Waals surface area contributed by atoms with Crippen LogP contribution in [0.3, 0.4) is 0 Å². The number of hydrogen-bond acceptors (Lipinski definition) is 2. The van der Waals surface area contributed by atoms with Crippen LogP contribution >= 0.6 is 0 Å². The number of benzene rings is 1. The fourth-order valence-electron chi connectivity index (χ4n) is 1.88. The van der Waals surface area contributed by atoms with Crippen LogP contribution in [0.15, 0.2) is 54.9 Å². The van der Waals surface area contributed by atoms with Crippen molar-refractivity contribution in [3.63, 3.8) is 0 Å². The van der Waals surface area contributed by atoms with Crippen molar-refractivity contribution in [1.29, 1.82) is 0 Å². The van der Waals surface area contributed by atoms with Crippen molar-refractivity contribution < 1.29 is 4.79 Å². The van der Waals surface area contributed by atoms with Crippen LogP contribution in [-0.2, 0) is 0 Å². The number of amides is 1. The molecule has 88 valence electrons. The van der Waals surface area contributed by atoms with Crippen molar-refractivity contribution in [2.75, 3.05) is 0 Å². The third-order valence-corrected chi connectivity index (χ3v) is 2.83. The van der Waals surface area contributed by atoms with Crippen molar-refractivity contribution in [2.24, 2.45) is 5.73 Å². The summed E-state index contributed by atoms with van der Waals surface area (Å²) in [6, 6.07) is 13.0. The Labute approximate surface area is 104 Å². The summed E-state index contributed by atoms with van der Waals surface area (Å²) in [5.74, 6) is -0.420. The largest absolute Gasteiger partial charge is 0.366 e. The second-order valence-corrected chi connectivity index (χ2v) is 4.03. The summed E-state index contributed by atoms with van der Waals surface area (Å²) < 4.78 is 1.96. The Morgan fingerprint density at radius 2 is 1.89 bits per heavy atom. The Kier molecular flexibility index (Phi) is 2.34. The van der Waals surface area contributed by atoms with E-state index >= 15 is 0 Å². The van der Waals surface area contributed by atoms with Gasteiger partial charge in [-0.3, -0.25) is 4.79 Å². The van der Waals surface area contributed by atoms with Gasteiger partial charge in [0.25, 0.3) is 0 Å². The van der Waals surface area contributed by atoms with Crippen LogP contribution in [0.25, 0.3) is 16.9 Å². The average molecular weight is 237 g/mol. The van der Waals surface area contributed by atoms with E-state index in [-0.39, 0.29) is 0 Å². The summed E-state index contributed by atoms with van der Waals surface area (Å²) in [7, 11) is 0. The van der Waals surface area contributed by atoms with Crippen LogP contribution in [0.2, 0.25) is 0 Å². The molecular formula is C14H11N3O. The number of rotatable bonds is 2. The van der Waals surface area contributed by atoms with Gasteiger partial charge in [-0.05, 0) is 24.3 Å². The van der Waals surface area contributed by atoms with E-state index in [0.29, 0.717) is 5.56 Å². The minimum Gasteiger partial charge on any atom is -0.366 e. The first-order chi connectivity index (χ1) is 8.74. The number of hydrogen-bond donors (Lipinski definition) is 1. The molecule has 0 fully saturated rings. The number of fused-ring (bicyclic) bond motifs is 1. The predicted octanol–water partition coefficient (Wildman–Crippen LogP) is 2.10. The fourth-order valence-corrected chi connectivity index (χ4v) is 1.88. The Hall–Kier alpha value is -2.62. The zero-order valence-electron chi connectivity index (χ0n) is 9.58. The van der Waals surface area contributed by atoms with Gasteiger partial charge in [0.05, 0.1) is 5.69 Å². The molecule has 4 nitrogen and oxygen atoms in total. The highest BCUT2D eigenvalue weighted by Crippen LogP contribution is 2.19. The van der Waals surface area contributed by atoms with E-state index in [1.165, 1.54) is 0 Å². The van der Waals surface area contributed by atoms with Crippen LogP contribution < -0.4 is 5.73 Å². The Morgan fingerprint density at radius 3 is 2.56 bits per heavy atom. The molecule has 0 aliphatic heterocycles. The third-order valence-electron chi connectivity index (χ3n) is 2.83. The van der Waals surface area contributed by atoms with Gasteiger partial charge < -0.3 is 10.1 Å². The molecule has 0 unspecified atom stereocenters. The Morgan fingerprint density at radius 1 is 1.11 bits per heavy atom. The maximum Gasteiger partial charge on any atom is 0.248 e. The molecule has 1 aromatic carbocycles. The summed E-state index contributed by atoms with van der Waals surface area (Å²) >= 11 is 0. The molecule has 4 heteroatoms. The van der Waals surface area contributed by atoms with Gasteiger partial charge in [-0.1, -0.05) is 18.2 Å². The predicted molar refractivity (Wildman–Crippen MR) is 69.1 cm³/mol. The molecule has 1 amide bonds. The first-order valence-electron chi connectivity index (χ1n) is 5.58. The molecule has 0 aliphatic carbocycles. The minimum atomic E-state index is -0.420. The van der Waals surface area contributed by atoms with E-state index in [4.69, 9.17) is 5.73 Å². The van der Waals surface area contributed by atoms with Gasteiger partial charge in [0.2, 0.25) is 5.91 Å². The average Bonchev–Trinajstić information content (AvgIpc) is 2.82. The minimum absolute atomic E-state index is 0.420. The molecule has 2 heterocycles. The van der Waals surface area contributed by atoms with E-state index in [0.717, 1.165) is 16.9 Å². The maximum absolute atomic E-state index is 11.0. The first-order valence-corrected chi connectivity index (χ1v) is 5.58. The van der Waals surface area contributed by atoms with Crippen molar-refractivity contribution in [2.45, 2.75) is 0 Å². The van der Waals surface area contributed by atoms with Gasteiger partial charge in [0, 0.05) is 23.5 Å². The number of nitrogens with two attached hydrogens (primary N) is 1. The molecule has 3 rings (SSSR count).